The number of hydrogen-bond acceptors (Lipinski definition) is 3. The highest BCUT2D eigenvalue weighted by molar-refractivity contribution is 5.92. The number of rotatable bonds is 8. The first-order chi connectivity index (χ1) is 10.3. The number of carbonyl (C=O) groups excluding carboxylic acids is 2. The summed E-state index contributed by atoms with van der Waals surface area (Å²) in [5.74, 6) is -0.247. The first kappa shape index (κ1) is 14.9. The Morgan fingerprint density at radius 3 is 1.67 bits per heavy atom. The van der Waals surface area contributed by atoms with Gasteiger partial charge in [0.05, 0.1) is 0 Å². The van der Waals surface area contributed by atoms with Crippen LogP contribution in [0, 0.1) is 0 Å². The van der Waals surface area contributed by atoms with Crippen LogP contribution in [0.4, 0.5) is 0 Å². The molecule has 2 heterocycles. The Morgan fingerprint density at radius 1 is 0.810 bits per heavy atom. The van der Waals surface area contributed by atoms with Crippen molar-refractivity contribution in [3.63, 3.8) is 0 Å². The first-order valence-corrected chi connectivity index (χ1v) is 6.81. The molecule has 0 saturated heterocycles. The Morgan fingerprint density at radius 2 is 1.29 bits per heavy atom. The third kappa shape index (κ3) is 4.81. The van der Waals surface area contributed by atoms with E-state index >= 15 is 0 Å². The van der Waals surface area contributed by atoms with E-state index in [9.17, 15) is 9.59 Å². The molecule has 0 aromatic carbocycles. The van der Waals surface area contributed by atoms with Crippen molar-refractivity contribution in [3.05, 3.63) is 48.0 Å². The van der Waals surface area contributed by atoms with Gasteiger partial charge in [-0.1, -0.05) is 0 Å². The van der Waals surface area contributed by atoms with Gasteiger partial charge in [-0.3, -0.25) is 9.59 Å². The lowest BCUT2D eigenvalue weighted by molar-refractivity contribution is 0.0944. The number of carbonyl (C=O) groups is 2. The maximum absolute atomic E-state index is 11.6. The molecule has 0 spiro atoms. The predicted octanol–water partition coefficient (Wildman–Crippen LogP) is 0.0922. The van der Waals surface area contributed by atoms with Gasteiger partial charge in [-0.15, -0.1) is 0 Å². The van der Waals surface area contributed by atoms with Crippen molar-refractivity contribution in [3.8, 4) is 0 Å². The van der Waals surface area contributed by atoms with Crippen molar-refractivity contribution in [2.45, 2.75) is 0 Å². The maximum atomic E-state index is 11.6. The minimum Gasteiger partial charge on any atom is -0.357 e. The standard InChI is InChI=1S/C14H19N5O2/c20-13(11-3-1-5-16-11)18-9-7-15-8-10-19-14(21)12-4-2-6-17-12/h1-6,15-17H,7-10H2,(H,18,20)(H,19,21). The van der Waals surface area contributed by atoms with Crippen molar-refractivity contribution >= 4 is 11.8 Å². The van der Waals surface area contributed by atoms with Crippen LogP contribution in [-0.4, -0.2) is 48.0 Å². The Balaban J connectivity index is 1.49. The molecule has 21 heavy (non-hydrogen) atoms. The third-order valence-electron chi connectivity index (χ3n) is 2.86. The van der Waals surface area contributed by atoms with Gasteiger partial charge in [0.25, 0.3) is 11.8 Å². The summed E-state index contributed by atoms with van der Waals surface area (Å²) in [4.78, 5) is 28.9. The monoisotopic (exact) mass is 289 g/mol. The fourth-order valence-corrected chi connectivity index (χ4v) is 1.79. The Labute approximate surface area is 122 Å². The zero-order valence-electron chi connectivity index (χ0n) is 11.6. The Hall–Kier alpha value is -2.54. The van der Waals surface area contributed by atoms with Gasteiger partial charge in [0, 0.05) is 38.6 Å². The highest BCUT2D eigenvalue weighted by Gasteiger charge is 2.05. The third-order valence-corrected chi connectivity index (χ3v) is 2.86. The number of aromatic amines is 2. The number of aromatic nitrogens is 2. The molecule has 0 radical (unpaired) electrons. The Bertz CT molecular complexity index is 498. The molecule has 0 unspecified atom stereocenters. The molecule has 0 saturated carbocycles. The summed E-state index contributed by atoms with van der Waals surface area (Å²) in [7, 11) is 0. The van der Waals surface area contributed by atoms with Crippen molar-refractivity contribution in [2.75, 3.05) is 26.2 Å². The fourth-order valence-electron chi connectivity index (χ4n) is 1.79. The summed E-state index contributed by atoms with van der Waals surface area (Å²) in [6, 6.07) is 7.00. The molecule has 0 fully saturated rings. The highest BCUT2D eigenvalue weighted by Crippen LogP contribution is 1.93. The largest absolute Gasteiger partial charge is 0.357 e. The van der Waals surface area contributed by atoms with Gasteiger partial charge in [0.1, 0.15) is 11.4 Å². The second-order valence-electron chi connectivity index (χ2n) is 4.43. The van der Waals surface area contributed by atoms with Gasteiger partial charge in [-0.05, 0) is 24.3 Å². The second kappa shape index (κ2) is 7.91. The molecule has 0 aliphatic rings. The van der Waals surface area contributed by atoms with Gasteiger partial charge in [-0.25, -0.2) is 0 Å². The lowest BCUT2D eigenvalue weighted by Crippen LogP contribution is -2.36. The summed E-state index contributed by atoms with van der Waals surface area (Å²) >= 11 is 0. The van der Waals surface area contributed by atoms with E-state index in [1.54, 1.807) is 36.7 Å². The van der Waals surface area contributed by atoms with Gasteiger partial charge >= 0.3 is 0 Å². The first-order valence-electron chi connectivity index (χ1n) is 6.81. The van der Waals surface area contributed by atoms with Crippen molar-refractivity contribution < 1.29 is 9.59 Å². The second-order valence-corrected chi connectivity index (χ2v) is 4.43. The van der Waals surface area contributed by atoms with E-state index in [1.165, 1.54) is 0 Å². The quantitative estimate of drug-likeness (QED) is 0.445. The molecule has 7 nitrogen and oxygen atoms in total. The van der Waals surface area contributed by atoms with Crippen LogP contribution in [-0.2, 0) is 0 Å². The van der Waals surface area contributed by atoms with Crippen LogP contribution in [0.5, 0.6) is 0 Å². The van der Waals surface area contributed by atoms with Crippen LogP contribution >= 0.6 is 0 Å². The van der Waals surface area contributed by atoms with Crippen molar-refractivity contribution in [1.29, 1.82) is 0 Å². The highest BCUT2D eigenvalue weighted by atomic mass is 16.2. The molecule has 7 heteroatoms. The molecule has 2 aromatic rings. The van der Waals surface area contributed by atoms with E-state index in [0.717, 1.165) is 0 Å². The maximum Gasteiger partial charge on any atom is 0.267 e. The van der Waals surface area contributed by atoms with Crippen molar-refractivity contribution in [1.82, 2.24) is 25.9 Å². The van der Waals surface area contributed by atoms with Crippen LogP contribution in [0.15, 0.2) is 36.7 Å². The van der Waals surface area contributed by atoms with Crippen LogP contribution in [0.1, 0.15) is 21.0 Å². The van der Waals surface area contributed by atoms with Gasteiger partial charge in [0.15, 0.2) is 0 Å². The minimum atomic E-state index is -0.123. The molecule has 0 bridgehead atoms. The predicted molar refractivity (Wildman–Crippen MR) is 79.1 cm³/mol. The number of nitrogens with one attached hydrogen (secondary N) is 5. The molecule has 0 atom stereocenters. The normalized spacial score (nSPS) is 10.3. The molecule has 2 rings (SSSR count). The van der Waals surface area contributed by atoms with Crippen molar-refractivity contribution in [2.24, 2.45) is 0 Å². The average Bonchev–Trinajstić information content (AvgIpc) is 3.18. The summed E-state index contributed by atoms with van der Waals surface area (Å²) in [6.45, 7) is 2.35. The fraction of sp³-hybridized carbons (Fsp3) is 0.286. The minimum absolute atomic E-state index is 0.123. The van der Waals surface area contributed by atoms with Crippen LogP contribution < -0.4 is 16.0 Å². The average molecular weight is 289 g/mol. The van der Waals surface area contributed by atoms with Gasteiger partial charge < -0.3 is 25.9 Å². The van der Waals surface area contributed by atoms with E-state index in [-0.39, 0.29) is 11.8 Å². The van der Waals surface area contributed by atoms with Gasteiger partial charge in [0.2, 0.25) is 0 Å². The van der Waals surface area contributed by atoms with Crippen LogP contribution in [0.25, 0.3) is 0 Å². The Kier molecular flexibility index (Phi) is 5.60. The molecule has 2 amide bonds. The molecule has 5 N–H and O–H groups in total. The molecule has 0 aliphatic heterocycles. The smallest absolute Gasteiger partial charge is 0.267 e. The lowest BCUT2D eigenvalue weighted by atomic mass is 10.4. The van der Waals surface area contributed by atoms with E-state index < -0.39 is 0 Å². The summed E-state index contributed by atoms with van der Waals surface area (Å²) in [5, 5.41) is 8.70. The number of hydrogen-bond donors (Lipinski definition) is 5. The van der Waals surface area contributed by atoms with Crippen LogP contribution in [0.2, 0.25) is 0 Å². The topological polar surface area (TPSA) is 102 Å². The molecule has 112 valence electrons. The lowest BCUT2D eigenvalue weighted by Gasteiger charge is -2.07. The van der Waals surface area contributed by atoms with Gasteiger partial charge in [-0.2, -0.15) is 0 Å². The SMILES string of the molecule is O=C(NCCNCCNC(=O)c1ccc[nH]1)c1ccc[nH]1. The van der Waals surface area contributed by atoms with Crippen LogP contribution in [0.3, 0.4) is 0 Å². The van der Waals surface area contributed by atoms with E-state index in [4.69, 9.17) is 0 Å². The summed E-state index contributed by atoms with van der Waals surface area (Å²) in [5.41, 5.74) is 1.10. The zero-order valence-corrected chi connectivity index (χ0v) is 11.6. The summed E-state index contributed by atoms with van der Waals surface area (Å²) in [6.07, 6.45) is 3.42. The molecular weight excluding hydrogens is 270 g/mol. The number of amides is 2. The summed E-state index contributed by atoms with van der Waals surface area (Å²) < 4.78 is 0. The molecular formula is C14H19N5O2. The van der Waals surface area contributed by atoms with E-state index in [0.29, 0.717) is 37.6 Å². The number of H-pyrrole nitrogens is 2. The molecule has 0 aliphatic carbocycles. The zero-order chi connectivity index (χ0) is 14.9. The molecule has 2 aromatic heterocycles. The van der Waals surface area contributed by atoms with E-state index in [1.807, 2.05) is 0 Å². The van der Waals surface area contributed by atoms with E-state index in [2.05, 4.69) is 25.9 Å².